The van der Waals surface area contributed by atoms with Crippen LogP contribution in [0, 0.1) is 6.92 Å². The van der Waals surface area contributed by atoms with E-state index in [0.29, 0.717) is 0 Å². The Morgan fingerprint density at radius 3 is 2.76 bits per heavy atom. The van der Waals surface area contributed by atoms with Crippen LogP contribution in [-0.4, -0.2) is 7.11 Å². The zero-order valence-corrected chi connectivity index (χ0v) is 12.1. The summed E-state index contributed by atoms with van der Waals surface area (Å²) in [4.78, 5) is 1.19. The maximum absolute atomic E-state index is 5.26. The first-order chi connectivity index (χ1) is 8.20. The fourth-order valence-electron chi connectivity index (χ4n) is 1.48. The van der Waals surface area contributed by atoms with E-state index in [9.17, 15) is 0 Å². The third kappa shape index (κ3) is 3.07. The average molecular weight is 313 g/mol. The van der Waals surface area contributed by atoms with Crippen molar-refractivity contribution < 1.29 is 9.15 Å². The van der Waals surface area contributed by atoms with Crippen LogP contribution in [0.15, 0.2) is 44.3 Å². The number of hydrogen-bond acceptors (Lipinski definition) is 3. The molecule has 0 aliphatic carbocycles. The molecule has 17 heavy (non-hydrogen) atoms. The van der Waals surface area contributed by atoms with Crippen LogP contribution in [0.25, 0.3) is 0 Å². The van der Waals surface area contributed by atoms with Gasteiger partial charge < -0.3 is 9.15 Å². The number of furan rings is 1. The van der Waals surface area contributed by atoms with Crippen molar-refractivity contribution in [1.82, 2.24) is 0 Å². The summed E-state index contributed by atoms with van der Waals surface area (Å²) in [5.41, 5.74) is 1.25. The summed E-state index contributed by atoms with van der Waals surface area (Å²) < 4.78 is 11.5. The molecule has 0 bridgehead atoms. The topological polar surface area (TPSA) is 22.4 Å². The number of halogens is 1. The average Bonchev–Trinajstić information content (AvgIpc) is 2.72. The maximum atomic E-state index is 5.26. The van der Waals surface area contributed by atoms with Gasteiger partial charge in [-0.3, -0.25) is 0 Å². The molecule has 0 saturated carbocycles. The highest BCUT2D eigenvalue weighted by atomic mass is 79.9. The molecular weight excluding hydrogens is 300 g/mol. The molecule has 0 unspecified atom stereocenters. The van der Waals surface area contributed by atoms with Gasteiger partial charge in [0.25, 0.3) is 0 Å². The number of benzene rings is 1. The Balaban J connectivity index is 2.05. The fraction of sp³-hybridized carbons (Fsp3) is 0.231. The molecular formula is C13H13BrO2S. The molecule has 0 fully saturated rings. The van der Waals surface area contributed by atoms with Gasteiger partial charge in [-0.15, -0.1) is 11.8 Å². The van der Waals surface area contributed by atoms with Crippen LogP contribution < -0.4 is 4.74 Å². The van der Waals surface area contributed by atoms with Gasteiger partial charge >= 0.3 is 0 Å². The van der Waals surface area contributed by atoms with Gasteiger partial charge in [-0.25, -0.2) is 0 Å². The van der Waals surface area contributed by atoms with E-state index in [4.69, 9.17) is 9.15 Å². The van der Waals surface area contributed by atoms with Gasteiger partial charge in [0.1, 0.15) is 11.5 Å². The summed E-state index contributed by atoms with van der Waals surface area (Å²) in [5, 5.41) is 0. The van der Waals surface area contributed by atoms with Gasteiger partial charge in [-0.1, -0.05) is 6.07 Å². The van der Waals surface area contributed by atoms with Crippen LogP contribution in [0.4, 0.5) is 0 Å². The molecule has 0 amide bonds. The Bertz CT molecular complexity index is 508. The second kappa shape index (κ2) is 5.65. The van der Waals surface area contributed by atoms with Crippen LogP contribution in [0.2, 0.25) is 0 Å². The molecule has 4 heteroatoms. The van der Waals surface area contributed by atoms with E-state index in [1.807, 2.05) is 19.1 Å². The summed E-state index contributed by atoms with van der Waals surface area (Å²) in [6.07, 6.45) is 1.72. The smallest absolute Gasteiger partial charge is 0.133 e. The first-order valence-electron chi connectivity index (χ1n) is 5.20. The predicted octanol–water partition coefficient (Wildman–Crippen LogP) is 4.65. The van der Waals surface area contributed by atoms with E-state index in [1.165, 1.54) is 10.5 Å². The largest absolute Gasteiger partial charge is 0.496 e. The van der Waals surface area contributed by atoms with Crippen molar-refractivity contribution in [2.45, 2.75) is 17.6 Å². The van der Waals surface area contributed by atoms with E-state index >= 15 is 0 Å². The third-order valence-electron chi connectivity index (χ3n) is 2.42. The Hall–Kier alpha value is -0.870. The first-order valence-corrected chi connectivity index (χ1v) is 6.98. The van der Waals surface area contributed by atoms with Crippen LogP contribution in [0.3, 0.4) is 0 Å². The van der Waals surface area contributed by atoms with E-state index in [2.05, 4.69) is 28.1 Å². The van der Waals surface area contributed by atoms with Gasteiger partial charge in [-0.05, 0) is 46.6 Å². The van der Waals surface area contributed by atoms with Crippen molar-refractivity contribution >= 4 is 27.7 Å². The van der Waals surface area contributed by atoms with Gasteiger partial charge in [0.05, 0.1) is 17.8 Å². The molecule has 0 aliphatic rings. The number of methoxy groups -OCH3 is 1. The highest BCUT2D eigenvalue weighted by Gasteiger charge is 2.05. The highest BCUT2D eigenvalue weighted by Crippen LogP contribution is 2.30. The monoisotopic (exact) mass is 312 g/mol. The molecule has 0 spiro atoms. The molecule has 0 radical (unpaired) electrons. The quantitative estimate of drug-likeness (QED) is 0.767. The van der Waals surface area contributed by atoms with Crippen LogP contribution >= 0.6 is 27.7 Å². The standard InChI is InChI=1S/C13H13BrO2S/c1-9-13(5-6-16-9)17-8-10-3-4-12(15-2)11(14)7-10/h3-7H,8H2,1-2H3. The van der Waals surface area contributed by atoms with Crippen LogP contribution in [0.1, 0.15) is 11.3 Å². The maximum Gasteiger partial charge on any atom is 0.133 e. The summed E-state index contributed by atoms with van der Waals surface area (Å²) in [5.74, 6) is 2.75. The van der Waals surface area contributed by atoms with Crippen LogP contribution in [-0.2, 0) is 5.75 Å². The van der Waals surface area contributed by atoms with E-state index in [1.54, 1.807) is 25.1 Å². The minimum absolute atomic E-state index is 0.859. The molecule has 2 rings (SSSR count). The summed E-state index contributed by atoms with van der Waals surface area (Å²) >= 11 is 5.26. The van der Waals surface area contributed by atoms with Crippen molar-refractivity contribution in [2.75, 3.05) is 7.11 Å². The molecule has 0 N–H and O–H groups in total. The van der Waals surface area contributed by atoms with Gasteiger partial charge in [-0.2, -0.15) is 0 Å². The molecule has 0 saturated heterocycles. The number of rotatable bonds is 4. The third-order valence-corrected chi connectivity index (χ3v) is 4.25. The van der Waals surface area contributed by atoms with Crippen molar-refractivity contribution in [3.05, 3.63) is 46.3 Å². The molecule has 90 valence electrons. The molecule has 0 aliphatic heterocycles. The second-order valence-electron chi connectivity index (χ2n) is 3.60. The summed E-state index contributed by atoms with van der Waals surface area (Å²) in [6, 6.07) is 8.13. The fourth-order valence-corrected chi connectivity index (χ4v) is 2.98. The van der Waals surface area contributed by atoms with Crippen molar-refractivity contribution in [1.29, 1.82) is 0 Å². The summed E-state index contributed by atoms with van der Waals surface area (Å²) in [7, 11) is 1.67. The lowest BCUT2D eigenvalue weighted by Crippen LogP contribution is -1.86. The van der Waals surface area contributed by atoms with Gasteiger partial charge in [0, 0.05) is 10.6 Å². The number of aryl methyl sites for hydroxylation is 1. The Morgan fingerprint density at radius 2 is 2.18 bits per heavy atom. The SMILES string of the molecule is COc1ccc(CSc2ccoc2C)cc1Br. The van der Waals surface area contributed by atoms with Crippen molar-refractivity contribution in [3.8, 4) is 5.75 Å². The van der Waals surface area contributed by atoms with Crippen LogP contribution in [0.5, 0.6) is 5.75 Å². The Morgan fingerprint density at radius 1 is 1.35 bits per heavy atom. The van der Waals surface area contributed by atoms with Gasteiger partial charge in [0.15, 0.2) is 0 Å². The molecule has 1 heterocycles. The lowest BCUT2D eigenvalue weighted by Gasteiger charge is -2.06. The Kier molecular flexibility index (Phi) is 4.18. The second-order valence-corrected chi connectivity index (χ2v) is 5.47. The molecule has 1 aromatic carbocycles. The molecule has 0 atom stereocenters. The van der Waals surface area contributed by atoms with Crippen molar-refractivity contribution in [2.24, 2.45) is 0 Å². The predicted molar refractivity (Wildman–Crippen MR) is 73.7 cm³/mol. The molecule has 2 aromatic rings. The Labute approximate surface area is 113 Å². The highest BCUT2D eigenvalue weighted by molar-refractivity contribution is 9.10. The van der Waals surface area contributed by atoms with Crippen molar-refractivity contribution in [3.63, 3.8) is 0 Å². The zero-order chi connectivity index (χ0) is 12.3. The van der Waals surface area contributed by atoms with E-state index in [0.717, 1.165) is 21.7 Å². The number of thioether (sulfide) groups is 1. The lowest BCUT2D eigenvalue weighted by atomic mass is 10.2. The van der Waals surface area contributed by atoms with Gasteiger partial charge in [0.2, 0.25) is 0 Å². The van der Waals surface area contributed by atoms with E-state index in [-0.39, 0.29) is 0 Å². The minimum Gasteiger partial charge on any atom is -0.496 e. The zero-order valence-electron chi connectivity index (χ0n) is 9.70. The van der Waals surface area contributed by atoms with E-state index < -0.39 is 0 Å². The molecule has 2 nitrogen and oxygen atoms in total. The minimum atomic E-state index is 0.859. The number of ether oxygens (including phenoxy) is 1. The summed E-state index contributed by atoms with van der Waals surface area (Å²) in [6.45, 7) is 1.98. The molecule has 1 aromatic heterocycles. The lowest BCUT2D eigenvalue weighted by molar-refractivity contribution is 0.412. The number of hydrogen-bond donors (Lipinski definition) is 0. The normalized spacial score (nSPS) is 10.5. The first kappa shape index (κ1) is 12.6.